The summed E-state index contributed by atoms with van der Waals surface area (Å²) in [6.45, 7) is 6.02. The molecule has 0 saturated carbocycles. The molecule has 0 aliphatic rings. The molecule has 3 nitrogen and oxygen atoms in total. The molecule has 132 valence electrons. The van der Waals surface area contributed by atoms with Crippen molar-refractivity contribution in [1.29, 1.82) is 0 Å². The van der Waals surface area contributed by atoms with Crippen LogP contribution in [-0.2, 0) is 5.75 Å². The van der Waals surface area contributed by atoms with E-state index >= 15 is 0 Å². The van der Waals surface area contributed by atoms with Crippen LogP contribution in [-0.4, -0.2) is 5.91 Å². The molecule has 25 heavy (non-hydrogen) atoms. The number of thioether (sulfide) groups is 1. The maximum atomic E-state index is 12.1. The molecule has 0 saturated heterocycles. The lowest BCUT2D eigenvalue weighted by Gasteiger charge is -2.11. The number of amides is 1. The molecule has 0 unspecified atom stereocenters. The number of hydrogen-bond donors (Lipinski definition) is 2. The number of halogens is 1. The number of hydrogen-bond acceptors (Lipinski definition) is 3. The number of rotatable bonds is 9. The molecule has 2 rings (SSSR count). The Morgan fingerprint density at radius 1 is 1.08 bits per heavy atom. The van der Waals surface area contributed by atoms with Crippen molar-refractivity contribution < 1.29 is 4.79 Å². The SMILES string of the molecule is C=C(CCCC)NNC(=O)c1ccc(CSc2ccc(Cl)cc2)cc1. The van der Waals surface area contributed by atoms with Crippen LogP contribution in [0.4, 0.5) is 0 Å². The van der Waals surface area contributed by atoms with Gasteiger partial charge in [-0.1, -0.05) is 43.7 Å². The molecule has 0 heterocycles. The molecule has 0 spiro atoms. The topological polar surface area (TPSA) is 41.1 Å². The fourth-order valence-corrected chi connectivity index (χ4v) is 3.10. The van der Waals surface area contributed by atoms with E-state index in [4.69, 9.17) is 11.6 Å². The number of carbonyl (C=O) groups is 1. The van der Waals surface area contributed by atoms with Crippen molar-refractivity contribution in [2.45, 2.75) is 36.8 Å². The van der Waals surface area contributed by atoms with E-state index in [1.807, 2.05) is 48.5 Å². The van der Waals surface area contributed by atoms with Crippen LogP contribution in [0.25, 0.3) is 0 Å². The normalized spacial score (nSPS) is 10.3. The van der Waals surface area contributed by atoms with Gasteiger partial charge in [0.2, 0.25) is 0 Å². The molecule has 0 fully saturated rings. The van der Waals surface area contributed by atoms with E-state index in [0.29, 0.717) is 5.56 Å². The van der Waals surface area contributed by atoms with Gasteiger partial charge in [0.05, 0.1) is 0 Å². The van der Waals surface area contributed by atoms with Gasteiger partial charge in [-0.05, 0) is 54.8 Å². The molecule has 0 aromatic heterocycles. The third-order valence-corrected chi connectivity index (χ3v) is 4.96. The maximum absolute atomic E-state index is 12.1. The quantitative estimate of drug-likeness (QED) is 0.445. The molecular formula is C20H23ClN2OS. The van der Waals surface area contributed by atoms with Crippen LogP contribution in [0.5, 0.6) is 0 Å². The highest BCUT2D eigenvalue weighted by molar-refractivity contribution is 7.98. The van der Waals surface area contributed by atoms with Gasteiger partial charge in [-0.2, -0.15) is 0 Å². The molecule has 1 amide bonds. The zero-order valence-electron chi connectivity index (χ0n) is 14.3. The Kier molecular flexibility index (Phi) is 7.89. The third kappa shape index (κ3) is 6.85. The number of benzene rings is 2. The molecule has 2 aromatic carbocycles. The van der Waals surface area contributed by atoms with Gasteiger partial charge in [-0.25, -0.2) is 0 Å². The molecule has 2 aromatic rings. The Morgan fingerprint density at radius 3 is 2.40 bits per heavy atom. The molecule has 0 bridgehead atoms. The van der Waals surface area contributed by atoms with Gasteiger partial charge >= 0.3 is 0 Å². The van der Waals surface area contributed by atoms with Crippen LogP contribution < -0.4 is 10.9 Å². The lowest BCUT2D eigenvalue weighted by molar-refractivity contribution is 0.0938. The van der Waals surface area contributed by atoms with E-state index in [2.05, 4.69) is 24.4 Å². The first-order chi connectivity index (χ1) is 12.1. The second-order valence-corrected chi connectivity index (χ2v) is 7.21. The van der Waals surface area contributed by atoms with Gasteiger partial charge in [0, 0.05) is 26.9 Å². The molecule has 5 heteroatoms. The molecule has 0 aliphatic carbocycles. The Morgan fingerprint density at radius 2 is 1.76 bits per heavy atom. The van der Waals surface area contributed by atoms with Crippen molar-refractivity contribution in [2.24, 2.45) is 0 Å². The van der Waals surface area contributed by atoms with Crippen molar-refractivity contribution >= 4 is 29.3 Å². The first-order valence-corrected chi connectivity index (χ1v) is 9.66. The van der Waals surface area contributed by atoms with Crippen molar-refractivity contribution in [3.05, 3.63) is 77.0 Å². The Labute approximate surface area is 158 Å². The smallest absolute Gasteiger partial charge is 0.269 e. The lowest BCUT2D eigenvalue weighted by Crippen LogP contribution is -2.36. The summed E-state index contributed by atoms with van der Waals surface area (Å²) < 4.78 is 0. The zero-order chi connectivity index (χ0) is 18.1. The van der Waals surface area contributed by atoms with Gasteiger partial charge in [0.1, 0.15) is 0 Å². The summed E-state index contributed by atoms with van der Waals surface area (Å²) in [5.74, 6) is 0.685. The van der Waals surface area contributed by atoms with E-state index in [1.165, 1.54) is 4.90 Å². The van der Waals surface area contributed by atoms with Gasteiger partial charge in [0.25, 0.3) is 5.91 Å². The highest BCUT2D eigenvalue weighted by Gasteiger charge is 2.05. The molecule has 0 atom stereocenters. The second-order valence-electron chi connectivity index (χ2n) is 5.73. The fraction of sp³-hybridized carbons (Fsp3) is 0.250. The minimum atomic E-state index is -0.158. The van der Waals surface area contributed by atoms with E-state index in [0.717, 1.165) is 41.3 Å². The second kappa shape index (κ2) is 10.2. The van der Waals surface area contributed by atoms with Crippen LogP contribution in [0, 0.1) is 0 Å². The average Bonchev–Trinajstić information content (AvgIpc) is 2.64. The Hall–Kier alpha value is -1.91. The van der Waals surface area contributed by atoms with E-state index in [-0.39, 0.29) is 5.91 Å². The number of hydrazine groups is 1. The number of unbranched alkanes of at least 4 members (excludes halogenated alkanes) is 1. The molecular weight excluding hydrogens is 352 g/mol. The number of nitrogens with one attached hydrogen (secondary N) is 2. The Balaban J connectivity index is 1.81. The summed E-state index contributed by atoms with van der Waals surface area (Å²) in [6.07, 6.45) is 3.02. The Bertz CT molecular complexity index is 699. The van der Waals surface area contributed by atoms with Gasteiger partial charge in [-0.3, -0.25) is 10.2 Å². The van der Waals surface area contributed by atoms with Crippen LogP contribution >= 0.6 is 23.4 Å². The fourth-order valence-electron chi connectivity index (χ4n) is 2.12. The van der Waals surface area contributed by atoms with Gasteiger partial charge < -0.3 is 5.43 Å². The van der Waals surface area contributed by atoms with Gasteiger partial charge in [-0.15, -0.1) is 11.8 Å². The van der Waals surface area contributed by atoms with Crippen molar-refractivity contribution in [1.82, 2.24) is 10.9 Å². The minimum absolute atomic E-state index is 0.158. The minimum Gasteiger partial charge on any atom is -0.303 e. The van der Waals surface area contributed by atoms with Gasteiger partial charge in [0.15, 0.2) is 0 Å². The summed E-state index contributed by atoms with van der Waals surface area (Å²) >= 11 is 7.62. The zero-order valence-corrected chi connectivity index (χ0v) is 15.9. The van der Waals surface area contributed by atoms with Crippen LogP contribution in [0.3, 0.4) is 0 Å². The van der Waals surface area contributed by atoms with Crippen LogP contribution in [0.1, 0.15) is 42.1 Å². The first kappa shape index (κ1) is 19.4. The maximum Gasteiger partial charge on any atom is 0.269 e. The lowest BCUT2D eigenvalue weighted by atomic mass is 10.1. The summed E-state index contributed by atoms with van der Waals surface area (Å²) in [6, 6.07) is 15.4. The van der Waals surface area contributed by atoms with Crippen molar-refractivity contribution in [3.8, 4) is 0 Å². The largest absolute Gasteiger partial charge is 0.303 e. The summed E-state index contributed by atoms with van der Waals surface area (Å²) in [4.78, 5) is 13.3. The standard InChI is InChI=1S/C20H23ClN2OS/c1-3-4-5-15(2)22-23-20(24)17-8-6-16(7-9-17)14-25-19-12-10-18(21)11-13-19/h6-13,22H,2-5,14H2,1H3,(H,23,24). The van der Waals surface area contributed by atoms with Crippen LogP contribution in [0.2, 0.25) is 5.02 Å². The highest BCUT2D eigenvalue weighted by Crippen LogP contribution is 2.24. The highest BCUT2D eigenvalue weighted by atomic mass is 35.5. The van der Waals surface area contributed by atoms with Crippen LogP contribution in [0.15, 0.2) is 65.7 Å². The summed E-state index contributed by atoms with van der Waals surface area (Å²) in [7, 11) is 0. The summed E-state index contributed by atoms with van der Waals surface area (Å²) in [5, 5.41) is 0.741. The van der Waals surface area contributed by atoms with E-state index in [9.17, 15) is 4.79 Å². The van der Waals surface area contributed by atoms with Crippen molar-refractivity contribution in [2.75, 3.05) is 0 Å². The van der Waals surface area contributed by atoms with Crippen molar-refractivity contribution in [3.63, 3.8) is 0 Å². The average molecular weight is 375 g/mol. The predicted octanol–water partition coefficient (Wildman–Crippen LogP) is 5.57. The van der Waals surface area contributed by atoms with E-state index < -0.39 is 0 Å². The third-order valence-electron chi connectivity index (χ3n) is 3.62. The molecule has 2 N–H and O–H groups in total. The first-order valence-electron chi connectivity index (χ1n) is 8.30. The van der Waals surface area contributed by atoms with E-state index in [1.54, 1.807) is 11.8 Å². The molecule has 0 radical (unpaired) electrons. The predicted molar refractivity (Wildman–Crippen MR) is 107 cm³/mol. The monoisotopic (exact) mass is 374 g/mol. The summed E-state index contributed by atoms with van der Waals surface area (Å²) in [5.41, 5.74) is 8.17. The number of carbonyl (C=O) groups excluding carboxylic acids is 1. The number of allylic oxidation sites excluding steroid dienone is 1. The molecule has 0 aliphatic heterocycles.